The van der Waals surface area contributed by atoms with Gasteiger partial charge in [-0.1, -0.05) is 74.7 Å². The van der Waals surface area contributed by atoms with Crippen molar-refractivity contribution in [3.8, 4) is 0 Å². The SMILES string of the molecule is CC.CC.CCC(C)=O.CCCCC.CCCc1ncc[nH]1. The number of rotatable bonds is 5. The van der Waals surface area contributed by atoms with Gasteiger partial charge in [0.1, 0.15) is 11.6 Å². The average molecular weight is 315 g/mol. The second kappa shape index (κ2) is 32.0. The first kappa shape index (κ1) is 29.0. The molecule has 3 heteroatoms. The van der Waals surface area contributed by atoms with E-state index in [9.17, 15) is 4.79 Å². The Morgan fingerprint density at radius 2 is 1.45 bits per heavy atom. The van der Waals surface area contributed by atoms with Gasteiger partial charge in [0.05, 0.1) is 0 Å². The monoisotopic (exact) mass is 314 g/mol. The van der Waals surface area contributed by atoms with Crippen molar-refractivity contribution < 1.29 is 4.79 Å². The van der Waals surface area contributed by atoms with E-state index < -0.39 is 0 Å². The number of ketones is 1. The molecule has 0 radical (unpaired) electrons. The summed E-state index contributed by atoms with van der Waals surface area (Å²) in [7, 11) is 0. The largest absolute Gasteiger partial charge is 0.349 e. The van der Waals surface area contributed by atoms with E-state index in [1.54, 1.807) is 13.1 Å². The lowest BCUT2D eigenvalue weighted by atomic mass is 10.3. The molecule has 0 saturated carbocycles. The van der Waals surface area contributed by atoms with E-state index >= 15 is 0 Å². The minimum absolute atomic E-state index is 0.255. The predicted molar refractivity (Wildman–Crippen MR) is 101 cm³/mol. The Bertz CT molecular complexity index is 254. The van der Waals surface area contributed by atoms with E-state index in [1.807, 2.05) is 40.8 Å². The number of aryl methyl sites for hydroxylation is 1. The molecule has 0 saturated heterocycles. The van der Waals surface area contributed by atoms with Crippen LogP contribution in [0, 0.1) is 0 Å². The zero-order valence-corrected chi connectivity index (χ0v) is 16.8. The quantitative estimate of drug-likeness (QED) is 0.665. The molecule has 0 unspecified atom stereocenters. The minimum Gasteiger partial charge on any atom is -0.349 e. The van der Waals surface area contributed by atoms with Crippen LogP contribution < -0.4 is 0 Å². The molecular formula is C19H42N2O. The maximum Gasteiger partial charge on any atom is 0.129 e. The highest BCUT2D eigenvalue weighted by atomic mass is 16.1. The highest BCUT2D eigenvalue weighted by Gasteiger charge is 1.87. The molecule has 0 aromatic carbocycles. The number of nitrogens with one attached hydrogen (secondary N) is 1. The van der Waals surface area contributed by atoms with Gasteiger partial charge in [-0.3, -0.25) is 0 Å². The number of aromatic nitrogens is 2. The first-order valence-corrected chi connectivity index (χ1v) is 9.09. The third-order valence-electron chi connectivity index (χ3n) is 2.25. The van der Waals surface area contributed by atoms with Crippen molar-refractivity contribution in [1.29, 1.82) is 0 Å². The van der Waals surface area contributed by atoms with Crippen molar-refractivity contribution in [3.63, 3.8) is 0 Å². The van der Waals surface area contributed by atoms with E-state index in [2.05, 4.69) is 30.7 Å². The molecule has 0 fully saturated rings. The van der Waals surface area contributed by atoms with Gasteiger partial charge >= 0.3 is 0 Å². The van der Waals surface area contributed by atoms with Gasteiger partial charge in [0.15, 0.2) is 0 Å². The molecule has 1 rings (SSSR count). The van der Waals surface area contributed by atoms with Crippen molar-refractivity contribution in [3.05, 3.63) is 18.2 Å². The van der Waals surface area contributed by atoms with Crippen LogP contribution in [0.15, 0.2) is 12.4 Å². The Balaban J connectivity index is -0.000000103. The Hall–Kier alpha value is -1.12. The van der Waals surface area contributed by atoms with Crippen LogP contribution in [0.2, 0.25) is 0 Å². The fraction of sp³-hybridized carbons (Fsp3) is 0.789. The third kappa shape index (κ3) is 36.4. The smallest absolute Gasteiger partial charge is 0.129 e. The Morgan fingerprint density at radius 1 is 1.00 bits per heavy atom. The molecule has 1 N–H and O–H groups in total. The molecule has 0 bridgehead atoms. The van der Waals surface area contributed by atoms with Crippen LogP contribution in [0.1, 0.15) is 100 Å². The van der Waals surface area contributed by atoms with Gasteiger partial charge in [0, 0.05) is 25.2 Å². The summed E-state index contributed by atoms with van der Waals surface area (Å²) in [6.45, 7) is 18.0. The second-order valence-electron chi connectivity index (χ2n) is 4.19. The Morgan fingerprint density at radius 3 is 1.64 bits per heavy atom. The number of hydrogen-bond acceptors (Lipinski definition) is 2. The number of nitrogens with zero attached hydrogens (tertiary/aromatic N) is 1. The van der Waals surface area contributed by atoms with Gasteiger partial charge in [-0.25, -0.2) is 4.98 Å². The minimum atomic E-state index is 0.255. The highest BCUT2D eigenvalue weighted by Crippen LogP contribution is 1.91. The molecule has 134 valence electrons. The molecule has 0 aliphatic rings. The molecule has 0 amide bonds. The molecule has 0 aliphatic heterocycles. The lowest BCUT2D eigenvalue weighted by Crippen LogP contribution is -1.83. The van der Waals surface area contributed by atoms with Gasteiger partial charge in [-0.2, -0.15) is 0 Å². The fourth-order valence-corrected chi connectivity index (χ4v) is 1.03. The number of aromatic amines is 1. The van der Waals surface area contributed by atoms with Gasteiger partial charge in [0.25, 0.3) is 0 Å². The average Bonchev–Trinajstić information content (AvgIpc) is 3.07. The molecule has 0 aliphatic carbocycles. The van der Waals surface area contributed by atoms with Crippen LogP contribution in [-0.4, -0.2) is 15.8 Å². The topological polar surface area (TPSA) is 45.8 Å². The summed E-state index contributed by atoms with van der Waals surface area (Å²) in [5.74, 6) is 1.34. The van der Waals surface area contributed by atoms with Crippen molar-refractivity contribution in [2.45, 2.75) is 101 Å². The Kier molecular flexibility index (Phi) is 42.1. The van der Waals surface area contributed by atoms with Crippen molar-refractivity contribution >= 4 is 5.78 Å². The van der Waals surface area contributed by atoms with Gasteiger partial charge in [-0.15, -0.1) is 0 Å². The second-order valence-corrected chi connectivity index (χ2v) is 4.19. The van der Waals surface area contributed by atoms with Crippen LogP contribution in [-0.2, 0) is 11.2 Å². The van der Waals surface area contributed by atoms with Gasteiger partial charge in [-0.05, 0) is 13.3 Å². The maximum absolute atomic E-state index is 9.81. The number of hydrogen-bond donors (Lipinski definition) is 1. The van der Waals surface area contributed by atoms with E-state index in [-0.39, 0.29) is 5.78 Å². The highest BCUT2D eigenvalue weighted by molar-refractivity contribution is 5.74. The lowest BCUT2D eigenvalue weighted by molar-refractivity contribution is -0.116. The first-order valence-electron chi connectivity index (χ1n) is 9.09. The number of carbonyl (C=O) groups excluding carboxylic acids is 1. The molecular weight excluding hydrogens is 272 g/mol. The fourth-order valence-electron chi connectivity index (χ4n) is 1.03. The summed E-state index contributed by atoms with van der Waals surface area (Å²) in [6, 6.07) is 0. The molecule has 0 atom stereocenters. The van der Waals surface area contributed by atoms with E-state index in [4.69, 9.17) is 0 Å². The summed E-state index contributed by atoms with van der Waals surface area (Å²) in [5, 5.41) is 0. The number of unbranched alkanes of at least 4 members (excludes halogenated alkanes) is 2. The maximum atomic E-state index is 9.81. The molecule has 1 aromatic heterocycles. The Labute approximate surface area is 140 Å². The van der Waals surface area contributed by atoms with Gasteiger partial charge in [0.2, 0.25) is 0 Å². The predicted octanol–water partition coefficient (Wildman–Crippen LogP) is 6.60. The van der Waals surface area contributed by atoms with Crippen LogP contribution in [0.5, 0.6) is 0 Å². The zero-order valence-electron chi connectivity index (χ0n) is 16.8. The molecule has 1 aromatic rings. The summed E-state index contributed by atoms with van der Waals surface area (Å²) >= 11 is 0. The summed E-state index contributed by atoms with van der Waals surface area (Å²) in [6.07, 6.45) is 10.6. The standard InChI is InChI=1S/C6H10N2.C5H12.C4H8O.2C2H6/c1-2-3-6-7-4-5-8-6;1-3-5-4-2;1-3-4(2)5;2*1-2/h4-5H,2-3H2,1H3,(H,7,8);3-5H2,1-2H3;3H2,1-2H3;2*1-2H3. The van der Waals surface area contributed by atoms with Crippen LogP contribution >= 0.6 is 0 Å². The third-order valence-corrected chi connectivity index (χ3v) is 2.25. The lowest BCUT2D eigenvalue weighted by Gasteiger charge is -1.85. The first-order chi connectivity index (χ1) is 10.6. The molecule has 0 spiro atoms. The van der Waals surface area contributed by atoms with Crippen LogP contribution in [0.25, 0.3) is 0 Å². The van der Waals surface area contributed by atoms with Crippen molar-refractivity contribution in [2.24, 2.45) is 0 Å². The zero-order chi connectivity index (χ0) is 18.2. The van der Waals surface area contributed by atoms with Crippen LogP contribution in [0.4, 0.5) is 0 Å². The number of H-pyrrole nitrogens is 1. The molecule has 3 nitrogen and oxygen atoms in total. The summed E-state index contributed by atoms with van der Waals surface area (Å²) < 4.78 is 0. The number of Topliss-reactive ketones (excluding diaryl/α,β-unsaturated/α-hetero) is 1. The molecule has 22 heavy (non-hydrogen) atoms. The number of imidazole rings is 1. The van der Waals surface area contributed by atoms with Crippen molar-refractivity contribution in [2.75, 3.05) is 0 Å². The van der Waals surface area contributed by atoms with E-state index in [0.29, 0.717) is 6.42 Å². The summed E-state index contributed by atoms with van der Waals surface area (Å²) in [5.41, 5.74) is 0. The van der Waals surface area contributed by atoms with Gasteiger partial charge < -0.3 is 9.78 Å². The van der Waals surface area contributed by atoms with Crippen LogP contribution in [0.3, 0.4) is 0 Å². The normalized spacial score (nSPS) is 7.68. The summed E-state index contributed by atoms with van der Waals surface area (Å²) in [4.78, 5) is 16.9. The van der Waals surface area contributed by atoms with E-state index in [1.165, 1.54) is 19.3 Å². The number of carbonyl (C=O) groups is 1. The molecule has 1 heterocycles. The van der Waals surface area contributed by atoms with E-state index in [0.717, 1.165) is 18.7 Å². The van der Waals surface area contributed by atoms with Crippen molar-refractivity contribution in [1.82, 2.24) is 9.97 Å².